The third-order valence-electron chi connectivity index (χ3n) is 8.83. The van der Waals surface area contributed by atoms with Crippen molar-refractivity contribution < 1.29 is 17.3 Å². The van der Waals surface area contributed by atoms with Crippen molar-refractivity contribution in [2.45, 2.75) is 68.8 Å². The van der Waals surface area contributed by atoms with Crippen LogP contribution in [0.1, 0.15) is 63.0 Å². The Bertz CT molecular complexity index is 1150. The average Bonchev–Trinajstić information content (AvgIpc) is 3.03. The zero-order valence-electron chi connectivity index (χ0n) is 19.5. The summed E-state index contributed by atoms with van der Waals surface area (Å²) in [6.07, 6.45) is 8.53. The van der Waals surface area contributed by atoms with Crippen LogP contribution in [0.5, 0.6) is 11.5 Å². The first-order chi connectivity index (χ1) is 15.6. The van der Waals surface area contributed by atoms with Crippen molar-refractivity contribution in [2.75, 3.05) is 6.26 Å². The van der Waals surface area contributed by atoms with Crippen LogP contribution in [0.3, 0.4) is 0 Å². The second-order valence-corrected chi connectivity index (χ2v) is 12.3. The predicted molar refractivity (Wildman–Crippen MR) is 132 cm³/mol. The van der Waals surface area contributed by atoms with Crippen LogP contribution in [-0.4, -0.2) is 20.3 Å². The van der Waals surface area contributed by atoms with E-state index in [-0.39, 0.29) is 11.0 Å². The number of para-hydroxylation sites is 1. The topological polar surface area (TPSA) is 78.6 Å². The molecule has 0 spiro atoms. The number of rotatable bonds is 5. The molecule has 0 amide bonds. The molecule has 0 saturated heterocycles. The summed E-state index contributed by atoms with van der Waals surface area (Å²) in [4.78, 5) is 0.834. The van der Waals surface area contributed by atoms with E-state index in [4.69, 9.17) is 14.1 Å². The molecule has 2 fully saturated rings. The molecule has 178 valence electrons. The summed E-state index contributed by atoms with van der Waals surface area (Å²) in [5, 5.41) is 5.16. The van der Waals surface area contributed by atoms with Gasteiger partial charge in [0.25, 0.3) is 0 Å². The second-order valence-electron chi connectivity index (χ2n) is 10.3. The number of nitrogens with two attached hydrogens (primary N) is 1. The molecule has 0 aromatic heterocycles. The van der Waals surface area contributed by atoms with Crippen LogP contribution >= 0.6 is 11.8 Å². The quantitative estimate of drug-likeness (QED) is 0.549. The van der Waals surface area contributed by atoms with Crippen molar-refractivity contribution in [3.8, 4) is 11.5 Å². The summed E-state index contributed by atoms with van der Waals surface area (Å²) in [6, 6.07) is 14.3. The molecule has 0 radical (unpaired) electrons. The van der Waals surface area contributed by atoms with Crippen LogP contribution in [0, 0.1) is 17.3 Å². The van der Waals surface area contributed by atoms with Gasteiger partial charge in [-0.25, -0.2) is 0 Å². The standard InChI is InChI=1S/C26H33NO4S2/c1-25-13-11-19-20(22(25)12-14-26(25,2)30-18-7-5-4-6-8-18)10-9-17-15-23(31-33(27,28)29)24(32-3)16-21(17)19/h4-8,15-16,19-20,22H,9-14H2,1-3H3,(H2,27,28,29)/t19?,20?,22?,25-,26-/m0/s1. The second kappa shape index (κ2) is 8.21. The van der Waals surface area contributed by atoms with Crippen molar-refractivity contribution in [1.82, 2.24) is 0 Å². The van der Waals surface area contributed by atoms with Crippen molar-refractivity contribution >= 4 is 22.1 Å². The molecule has 0 bridgehead atoms. The van der Waals surface area contributed by atoms with E-state index in [0.717, 1.165) is 42.7 Å². The fraction of sp³-hybridized carbons (Fsp3) is 0.538. The Morgan fingerprint density at radius 2 is 1.82 bits per heavy atom. The zero-order chi connectivity index (χ0) is 23.4. The molecule has 5 atom stereocenters. The average molecular weight is 488 g/mol. The lowest BCUT2D eigenvalue weighted by molar-refractivity contribution is -0.0733. The van der Waals surface area contributed by atoms with Gasteiger partial charge in [-0.3, -0.25) is 0 Å². The first kappa shape index (κ1) is 23.1. The molecule has 33 heavy (non-hydrogen) atoms. The normalized spacial score (nSPS) is 33.0. The molecule has 0 heterocycles. The minimum absolute atomic E-state index is 0.139. The number of hydrogen-bond acceptors (Lipinski definition) is 5. The highest BCUT2D eigenvalue weighted by molar-refractivity contribution is 7.98. The van der Waals surface area contributed by atoms with Crippen molar-refractivity contribution in [1.29, 1.82) is 0 Å². The van der Waals surface area contributed by atoms with Crippen LogP contribution < -0.4 is 14.1 Å². The smallest absolute Gasteiger partial charge is 0.380 e. The molecule has 3 aliphatic carbocycles. The van der Waals surface area contributed by atoms with E-state index >= 15 is 0 Å². The van der Waals surface area contributed by atoms with Gasteiger partial charge in [0.15, 0.2) is 5.75 Å². The van der Waals surface area contributed by atoms with E-state index < -0.39 is 10.3 Å². The van der Waals surface area contributed by atoms with Gasteiger partial charge in [0.05, 0.1) is 4.90 Å². The van der Waals surface area contributed by atoms with Gasteiger partial charge in [0, 0.05) is 5.41 Å². The predicted octanol–water partition coefficient (Wildman–Crippen LogP) is 5.68. The fourth-order valence-electron chi connectivity index (χ4n) is 7.07. The Morgan fingerprint density at radius 1 is 1.06 bits per heavy atom. The summed E-state index contributed by atoms with van der Waals surface area (Å²) in [5.74, 6) is 3.06. The minimum Gasteiger partial charge on any atom is -0.487 e. The van der Waals surface area contributed by atoms with E-state index in [1.54, 1.807) is 0 Å². The molecule has 0 aliphatic heterocycles. The maximum absolute atomic E-state index is 11.6. The van der Waals surface area contributed by atoms with Gasteiger partial charge in [-0.15, -0.1) is 11.8 Å². The zero-order valence-corrected chi connectivity index (χ0v) is 21.2. The lowest BCUT2D eigenvalue weighted by Crippen LogP contribution is -2.52. The minimum atomic E-state index is -4.05. The van der Waals surface area contributed by atoms with Gasteiger partial charge in [0.1, 0.15) is 11.4 Å². The summed E-state index contributed by atoms with van der Waals surface area (Å²) in [7, 11) is -4.05. The lowest BCUT2D eigenvalue weighted by atomic mass is 9.53. The number of ether oxygens (including phenoxy) is 1. The Morgan fingerprint density at radius 3 is 2.52 bits per heavy atom. The first-order valence-corrected chi connectivity index (χ1v) is 14.5. The van der Waals surface area contributed by atoms with E-state index in [1.807, 2.05) is 30.5 Å². The van der Waals surface area contributed by atoms with Crippen LogP contribution in [0.4, 0.5) is 0 Å². The number of thioether (sulfide) groups is 1. The third-order valence-corrected chi connectivity index (χ3v) is 10.0. The molecule has 5 nitrogen and oxygen atoms in total. The maximum Gasteiger partial charge on any atom is 0.380 e. The van der Waals surface area contributed by atoms with Gasteiger partial charge in [-0.1, -0.05) is 25.1 Å². The van der Waals surface area contributed by atoms with Gasteiger partial charge >= 0.3 is 10.3 Å². The SMILES string of the molecule is CSc1cc2c(cc1OS(N)(=O)=O)CCC1C2CC[C@@]2(C)C1CC[C@]2(C)Oc1ccccc1. The van der Waals surface area contributed by atoms with Crippen molar-refractivity contribution in [2.24, 2.45) is 22.4 Å². The molecule has 2 aromatic carbocycles. The molecular formula is C26H33NO4S2. The summed E-state index contributed by atoms with van der Waals surface area (Å²) >= 11 is 1.50. The molecule has 3 unspecified atom stereocenters. The van der Waals surface area contributed by atoms with Gasteiger partial charge in [-0.05, 0) is 105 Å². The Labute approximate surface area is 201 Å². The van der Waals surface area contributed by atoms with Gasteiger partial charge in [-0.2, -0.15) is 13.6 Å². The summed E-state index contributed by atoms with van der Waals surface area (Å²) in [6.45, 7) is 4.77. The molecule has 2 saturated carbocycles. The summed E-state index contributed by atoms with van der Waals surface area (Å²) < 4.78 is 34.9. The molecule has 5 rings (SSSR count). The van der Waals surface area contributed by atoms with Crippen LogP contribution in [0.2, 0.25) is 0 Å². The number of benzene rings is 2. The number of fused-ring (bicyclic) bond motifs is 5. The third kappa shape index (κ3) is 3.96. The van der Waals surface area contributed by atoms with Crippen molar-refractivity contribution in [3.63, 3.8) is 0 Å². The molecular weight excluding hydrogens is 454 g/mol. The fourth-order valence-corrected chi connectivity index (χ4v) is 8.06. The number of aryl methyl sites for hydroxylation is 1. The monoisotopic (exact) mass is 487 g/mol. The van der Waals surface area contributed by atoms with Crippen LogP contribution in [0.25, 0.3) is 0 Å². The highest BCUT2D eigenvalue weighted by Gasteiger charge is 2.61. The lowest BCUT2D eigenvalue weighted by Gasteiger charge is -2.53. The van der Waals surface area contributed by atoms with E-state index in [9.17, 15) is 8.42 Å². The Hall–Kier alpha value is -1.70. The van der Waals surface area contributed by atoms with E-state index in [0.29, 0.717) is 23.5 Å². The van der Waals surface area contributed by atoms with Crippen molar-refractivity contribution in [3.05, 3.63) is 53.6 Å². The van der Waals surface area contributed by atoms with E-state index in [1.165, 1.54) is 29.3 Å². The Kier molecular flexibility index (Phi) is 5.73. The van der Waals surface area contributed by atoms with E-state index in [2.05, 4.69) is 32.0 Å². The maximum atomic E-state index is 11.6. The number of hydrogen-bond donors (Lipinski definition) is 1. The Balaban J connectivity index is 1.45. The largest absolute Gasteiger partial charge is 0.487 e. The highest BCUT2D eigenvalue weighted by atomic mass is 32.2. The molecule has 3 aliphatic rings. The van der Waals surface area contributed by atoms with Gasteiger partial charge < -0.3 is 8.92 Å². The highest BCUT2D eigenvalue weighted by Crippen LogP contribution is 2.65. The first-order valence-electron chi connectivity index (χ1n) is 11.8. The van der Waals surface area contributed by atoms with Crippen LogP contribution in [0.15, 0.2) is 47.4 Å². The van der Waals surface area contributed by atoms with Crippen LogP contribution in [-0.2, 0) is 16.7 Å². The molecule has 2 aromatic rings. The molecule has 2 N–H and O–H groups in total. The molecule has 7 heteroatoms. The summed E-state index contributed by atoms with van der Waals surface area (Å²) in [5.41, 5.74) is 2.55. The van der Waals surface area contributed by atoms with Gasteiger partial charge in [0.2, 0.25) is 0 Å².